The van der Waals surface area contributed by atoms with Gasteiger partial charge in [-0.2, -0.15) is 0 Å². The van der Waals surface area contributed by atoms with Gasteiger partial charge in [0.1, 0.15) is 23.3 Å². The number of pyridine rings is 1. The predicted molar refractivity (Wildman–Crippen MR) is 97.6 cm³/mol. The van der Waals surface area contributed by atoms with E-state index in [2.05, 4.69) is 38.4 Å². The summed E-state index contributed by atoms with van der Waals surface area (Å²) in [7, 11) is 1.66. The van der Waals surface area contributed by atoms with Gasteiger partial charge in [0.25, 0.3) is 0 Å². The number of nitrogens with one attached hydrogen (secondary N) is 1. The second kappa shape index (κ2) is 8.52. The van der Waals surface area contributed by atoms with Crippen LogP contribution in [0.5, 0.6) is 5.75 Å². The van der Waals surface area contributed by atoms with Crippen molar-refractivity contribution in [1.29, 1.82) is 0 Å². The molecule has 1 aromatic heterocycles. The first-order valence-corrected chi connectivity index (χ1v) is 8.46. The molecule has 4 nitrogen and oxygen atoms in total. The van der Waals surface area contributed by atoms with Crippen molar-refractivity contribution in [1.82, 2.24) is 4.98 Å². The van der Waals surface area contributed by atoms with E-state index < -0.39 is 0 Å². The number of methoxy groups -OCH3 is 1. The van der Waals surface area contributed by atoms with Crippen LogP contribution in [-0.2, 0) is 11.3 Å². The molecule has 6 heteroatoms. The Balaban J connectivity index is 2.10. The summed E-state index contributed by atoms with van der Waals surface area (Å²) in [6.45, 7) is 5.71. The maximum Gasteiger partial charge on any atom is 0.145 e. The third-order valence-corrected chi connectivity index (χ3v) is 4.83. The number of halogens is 2. The Morgan fingerprint density at radius 3 is 2.70 bits per heavy atom. The number of anilines is 1. The van der Waals surface area contributed by atoms with Crippen LogP contribution in [0.3, 0.4) is 0 Å². The van der Waals surface area contributed by atoms with E-state index in [9.17, 15) is 0 Å². The fourth-order valence-corrected chi connectivity index (χ4v) is 2.51. The van der Waals surface area contributed by atoms with Crippen LogP contribution in [0.2, 0.25) is 5.15 Å². The van der Waals surface area contributed by atoms with Crippen molar-refractivity contribution in [2.75, 3.05) is 25.6 Å². The second-order valence-corrected chi connectivity index (χ2v) is 6.39. The smallest absolute Gasteiger partial charge is 0.145 e. The first kappa shape index (κ1) is 18.0. The van der Waals surface area contributed by atoms with E-state index >= 15 is 0 Å². The minimum Gasteiger partial charge on any atom is -0.491 e. The molecule has 1 heterocycles. The molecule has 0 aliphatic carbocycles. The van der Waals surface area contributed by atoms with Crippen LogP contribution in [0.1, 0.15) is 16.7 Å². The molecule has 0 spiro atoms. The molecule has 0 saturated heterocycles. The highest BCUT2D eigenvalue weighted by Gasteiger charge is 2.08. The normalized spacial score (nSPS) is 10.7. The van der Waals surface area contributed by atoms with Gasteiger partial charge in [-0.15, -0.1) is 0 Å². The summed E-state index contributed by atoms with van der Waals surface area (Å²) in [4.78, 5) is 4.32. The molecule has 0 aliphatic rings. The van der Waals surface area contributed by atoms with E-state index in [1.165, 1.54) is 0 Å². The number of ether oxygens (including phenoxy) is 2. The second-order valence-electron chi connectivity index (χ2n) is 5.24. The fraction of sp³-hybridized carbons (Fsp3) is 0.353. The molecule has 1 N–H and O–H groups in total. The average Bonchev–Trinajstić information content (AvgIpc) is 2.52. The SMILES string of the molecule is COCCOc1cc(C)ccc1CNc1cc(C)c(Br)c(Cl)n1. The largest absolute Gasteiger partial charge is 0.491 e. The summed E-state index contributed by atoms with van der Waals surface area (Å²) in [6, 6.07) is 8.10. The minimum absolute atomic E-state index is 0.452. The summed E-state index contributed by atoms with van der Waals surface area (Å²) >= 11 is 9.51. The summed E-state index contributed by atoms with van der Waals surface area (Å²) in [5.74, 6) is 1.59. The van der Waals surface area contributed by atoms with Crippen molar-refractivity contribution in [2.45, 2.75) is 20.4 Å². The van der Waals surface area contributed by atoms with Gasteiger partial charge in [-0.25, -0.2) is 4.98 Å². The topological polar surface area (TPSA) is 43.4 Å². The summed E-state index contributed by atoms with van der Waals surface area (Å²) in [5, 5.41) is 3.74. The first-order chi connectivity index (χ1) is 11.0. The van der Waals surface area contributed by atoms with E-state index in [4.69, 9.17) is 21.1 Å². The molecule has 0 amide bonds. The molecule has 124 valence electrons. The van der Waals surface area contributed by atoms with Crippen LogP contribution in [0, 0.1) is 13.8 Å². The maximum atomic E-state index is 6.10. The molecule has 0 radical (unpaired) electrons. The molecule has 23 heavy (non-hydrogen) atoms. The van der Waals surface area contributed by atoms with E-state index in [0.29, 0.717) is 24.9 Å². The van der Waals surface area contributed by atoms with Crippen molar-refractivity contribution >= 4 is 33.3 Å². The number of benzene rings is 1. The van der Waals surface area contributed by atoms with Gasteiger partial charge in [0.2, 0.25) is 0 Å². The van der Waals surface area contributed by atoms with E-state index in [1.807, 2.05) is 26.0 Å². The molecule has 0 fully saturated rings. The third kappa shape index (κ3) is 5.09. The predicted octanol–water partition coefficient (Wildman–Crippen LogP) is 4.75. The number of hydrogen-bond donors (Lipinski definition) is 1. The van der Waals surface area contributed by atoms with Crippen LogP contribution in [0.15, 0.2) is 28.7 Å². The zero-order valence-electron chi connectivity index (χ0n) is 13.5. The average molecular weight is 400 g/mol. The Hall–Kier alpha value is -1.30. The van der Waals surface area contributed by atoms with Crippen molar-refractivity contribution in [2.24, 2.45) is 0 Å². The summed E-state index contributed by atoms with van der Waals surface area (Å²) < 4.78 is 11.6. The van der Waals surface area contributed by atoms with Crippen LogP contribution >= 0.6 is 27.5 Å². The molecule has 0 bridgehead atoms. The van der Waals surface area contributed by atoms with E-state index in [0.717, 1.165) is 32.7 Å². The highest BCUT2D eigenvalue weighted by atomic mass is 79.9. The lowest BCUT2D eigenvalue weighted by Crippen LogP contribution is -2.08. The molecule has 0 atom stereocenters. The monoisotopic (exact) mass is 398 g/mol. The van der Waals surface area contributed by atoms with Crippen molar-refractivity contribution < 1.29 is 9.47 Å². The summed E-state index contributed by atoms with van der Waals surface area (Å²) in [6.07, 6.45) is 0. The Morgan fingerprint density at radius 1 is 1.22 bits per heavy atom. The van der Waals surface area contributed by atoms with Gasteiger partial charge < -0.3 is 14.8 Å². The van der Waals surface area contributed by atoms with Gasteiger partial charge in [0, 0.05) is 19.2 Å². The van der Waals surface area contributed by atoms with Gasteiger partial charge in [-0.05, 0) is 53.0 Å². The van der Waals surface area contributed by atoms with Crippen LogP contribution in [0.4, 0.5) is 5.82 Å². The van der Waals surface area contributed by atoms with Crippen molar-refractivity contribution in [3.05, 3.63) is 50.6 Å². The Morgan fingerprint density at radius 2 is 2.00 bits per heavy atom. The van der Waals surface area contributed by atoms with Crippen molar-refractivity contribution in [3.63, 3.8) is 0 Å². The molecule has 2 aromatic rings. The van der Waals surface area contributed by atoms with Crippen LogP contribution < -0.4 is 10.1 Å². The number of aryl methyl sites for hydroxylation is 2. The van der Waals surface area contributed by atoms with Gasteiger partial charge in [0.15, 0.2) is 0 Å². The van der Waals surface area contributed by atoms with Crippen LogP contribution in [0.25, 0.3) is 0 Å². The lowest BCUT2D eigenvalue weighted by molar-refractivity contribution is 0.146. The standard InChI is InChI=1S/C17H20BrClN2O2/c1-11-4-5-13(14(8-11)23-7-6-22-3)10-20-15-9-12(2)16(18)17(19)21-15/h4-5,8-9H,6-7,10H2,1-3H3,(H,20,21). The van der Waals surface area contributed by atoms with Gasteiger partial charge in [-0.3, -0.25) is 0 Å². The Bertz CT molecular complexity index is 657. The van der Waals surface area contributed by atoms with E-state index in [1.54, 1.807) is 7.11 Å². The molecular formula is C17H20BrClN2O2. The molecule has 0 saturated carbocycles. The third-order valence-electron chi connectivity index (χ3n) is 3.33. The fourth-order valence-electron chi connectivity index (χ4n) is 2.07. The zero-order valence-corrected chi connectivity index (χ0v) is 15.8. The highest BCUT2D eigenvalue weighted by Crippen LogP contribution is 2.27. The quantitative estimate of drug-likeness (QED) is 0.539. The first-order valence-electron chi connectivity index (χ1n) is 7.29. The maximum absolute atomic E-state index is 6.10. The number of nitrogens with zero attached hydrogens (tertiary/aromatic N) is 1. The zero-order chi connectivity index (χ0) is 16.8. The Kier molecular flexibility index (Phi) is 6.69. The van der Waals surface area contributed by atoms with Crippen molar-refractivity contribution in [3.8, 4) is 5.75 Å². The minimum atomic E-state index is 0.452. The number of aromatic nitrogens is 1. The molecular weight excluding hydrogens is 380 g/mol. The molecule has 0 aliphatic heterocycles. The lowest BCUT2D eigenvalue weighted by atomic mass is 10.1. The molecule has 0 unspecified atom stereocenters. The molecule has 1 aromatic carbocycles. The lowest BCUT2D eigenvalue weighted by Gasteiger charge is -2.14. The van der Waals surface area contributed by atoms with Gasteiger partial charge >= 0.3 is 0 Å². The number of hydrogen-bond acceptors (Lipinski definition) is 4. The summed E-state index contributed by atoms with van der Waals surface area (Å²) in [5.41, 5.74) is 3.25. The highest BCUT2D eigenvalue weighted by molar-refractivity contribution is 9.10. The Labute approximate surface area is 150 Å². The van der Waals surface area contributed by atoms with E-state index in [-0.39, 0.29) is 0 Å². The van der Waals surface area contributed by atoms with Gasteiger partial charge in [-0.1, -0.05) is 23.7 Å². The van der Waals surface area contributed by atoms with Gasteiger partial charge in [0.05, 0.1) is 11.1 Å². The van der Waals surface area contributed by atoms with Crippen LogP contribution in [-0.4, -0.2) is 25.3 Å². The molecule has 2 rings (SSSR count). The number of rotatable bonds is 7.